The highest BCUT2D eigenvalue weighted by Gasteiger charge is 2.40. The van der Waals surface area contributed by atoms with Crippen LogP contribution in [-0.4, -0.2) is 76.4 Å². The van der Waals surface area contributed by atoms with Gasteiger partial charge in [-0.25, -0.2) is 4.79 Å². The zero-order valence-electron chi connectivity index (χ0n) is 17.9. The van der Waals surface area contributed by atoms with Gasteiger partial charge in [-0.15, -0.1) is 15.3 Å². The first-order valence-electron chi connectivity index (χ1n) is 10.7. The van der Waals surface area contributed by atoms with Gasteiger partial charge in [-0.3, -0.25) is 4.79 Å². The Kier molecular flexibility index (Phi) is 6.33. The van der Waals surface area contributed by atoms with Crippen molar-refractivity contribution in [1.82, 2.24) is 25.1 Å². The summed E-state index contributed by atoms with van der Waals surface area (Å²) in [5.41, 5.74) is 0.620. The maximum absolute atomic E-state index is 12.2. The fraction of sp³-hybridized carbons (Fsp3) is 0.650. The highest BCUT2D eigenvalue weighted by molar-refractivity contribution is 5.84. The van der Waals surface area contributed by atoms with Crippen LogP contribution >= 0.6 is 0 Å². The molecule has 11 heteroatoms. The van der Waals surface area contributed by atoms with Gasteiger partial charge in [0.05, 0.1) is 19.8 Å². The molecule has 1 N–H and O–H groups in total. The molecule has 2 aliphatic heterocycles. The third-order valence-corrected chi connectivity index (χ3v) is 5.57. The van der Waals surface area contributed by atoms with Gasteiger partial charge in [0.25, 0.3) is 0 Å². The van der Waals surface area contributed by atoms with Gasteiger partial charge in [-0.2, -0.15) is 4.52 Å². The Morgan fingerprint density at radius 2 is 1.97 bits per heavy atom. The quantitative estimate of drug-likeness (QED) is 0.622. The molecule has 2 fully saturated rings. The number of aryl methyl sites for hydroxylation is 1. The first-order valence-corrected chi connectivity index (χ1v) is 10.7. The number of piperidine rings is 1. The molecule has 0 bridgehead atoms. The van der Waals surface area contributed by atoms with Gasteiger partial charge in [0, 0.05) is 38.8 Å². The second-order valence-corrected chi connectivity index (χ2v) is 7.71. The van der Waals surface area contributed by atoms with Crippen LogP contribution in [-0.2, 0) is 30.2 Å². The summed E-state index contributed by atoms with van der Waals surface area (Å²) in [6.07, 6.45) is 2.10. The summed E-state index contributed by atoms with van der Waals surface area (Å²) in [6.45, 7) is 6.47. The molecule has 2 aromatic rings. The zero-order chi connectivity index (χ0) is 21.8. The fourth-order valence-electron chi connectivity index (χ4n) is 3.88. The second-order valence-electron chi connectivity index (χ2n) is 7.71. The summed E-state index contributed by atoms with van der Waals surface area (Å²) >= 11 is 0. The lowest BCUT2D eigenvalue weighted by Crippen LogP contribution is -2.45. The minimum Gasteiger partial charge on any atom is -0.464 e. The smallest absolute Gasteiger partial charge is 0.328 e. The van der Waals surface area contributed by atoms with Crippen LogP contribution in [0, 0.1) is 0 Å². The molecule has 168 valence electrons. The van der Waals surface area contributed by atoms with Gasteiger partial charge in [0.15, 0.2) is 17.3 Å². The number of rotatable bonds is 7. The van der Waals surface area contributed by atoms with Crippen LogP contribution in [0.25, 0.3) is 5.65 Å². The van der Waals surface area contributed by atoms with E-state index in [1.54, 1.807) is 18.4 Å². The topological polar surface area (TPSA) is 120 Å². The minimum absolute atomic E-state index is 0.164. The van der Waals surface area contributed by atoms with Gasteiger partial charge in [0.2, 0.25) is 5.91 Å². The first kappa shape index (κ1) is 21.4. The predicted octanol–water partition coefficient (Wildman–Crippen LogP) is 0.468. The van der Waals surface area contributed by atoms with E-state index >= 15 is 0 Å². The number of carbonyl (C=O) groups is 2. The van der Waals surface area contributed by atoms with E-state index in [4.69, 9.17) is 19.3 Å². The average molecular weight is 432 g/mol. The van der Waals surface area contributed by atoms with Crippen LogP contribution in [0.2, 0.25) is 0 Å². The number of nitrogens with one attached hydrogen (secondary N) is 1. The maximum Gasteiger partial charge on any atom is 0.328 e. The van der Waals surface area contributed by atoms with E-state index in [-0.39, 0.29) is 18.9 Å². The molecular formula is C20H28N6O5. The van der Waals surface area contributed by atoms with E-state index in [0.717, 1.165) is 31.7 Å². The molecule has 1 atom stereocenters. The molecule has 2 saturated heterocycles. The summed E-state index contributed by atoms with van der Waals surface area (Å²) in [7, 11) is 0. The van der Waals surface area contributed by atoms with Crippen molar-refractivity contribution in [1.29, 1.82) is 0 Å². The van der Waals surface area contributed by atoms with Crippen LogP contribution in [0.5, 0.6) is 0 Å². The summed E-state index contributed by atoms with van der Waals surface area (Å²) in [4.78, 5) is 26.1. The highest BCUT2D eigenvalue weighted by atomic mass is 16.7. The number of hydrogen-bond donors (Lipinski definition) is 1. The van der Waals surface area contributed by atoms with Crippen molar-refractivity contribution in [3.63, 3.8) is 0 Å². The van der Waals surface area contributed by atoms with Crippen molar-refractivity contribution in [3.8, 4) is 0 Å². The lowest BCUT2D eigenvalue weighted by molar-refractivity contribution is -0.169. The van der Waals surface area contributed by atoms with Crippen LogP contribution in [0.1, 0.15) is 38.9 Å². The number of amides is 1. The molecule has 0 aromatic carbocycles. The lowest BCUT2D eigenvalue weighted by Gasteiger charge is -2.38. The third kappa shape index (κ3) is 4.77. The summed E-state index contributed by atoms with van der Waals surface area (Å²) in [6, 6.07) is 3.10. The molecule has 4 heterocycles. The van der Waals surface area contributed by atoms with Crippen LogP contribution in [0.15, 0.2) is 12.1 Å². The Balaban J connectivity index is 1.37. The maximum atomic E-state index is 12.2. The standard InChI is InChI=1S/C20H28N6O5/c1-3-29-19(28)14(2)21-18(27)7-6-16-23-22-15-4-5-17(24-26(15)16)25-10-8-20(9-11-25)30-12-13-31-20/h4-5,14H,3,6-13H2,1-2H3,(H,21,27)/t14-/m0/s1. The Hall–Kier alpha value is -2.79. The van der Waals surface area contributed by atoms with Crippen molar-refractivity contribution < 1.29 is 23.8 Å². The predicted molar refractivity (Wildman–Crippen MR) is 109 cm³/mol. The molecule has 11 nitrogen and oxygen atoms in total. The molecular weight excluding hydrogens is 404 g/mol. The van der Waals surface area contributed by atoms with E-state index in [9.17, 15) is 9.59 Å². The minimum atomic E-state index is -0.692. The molecule has 1 amide bonds. The Morgan fingerprint density at radius 1 is 1.23 bits per heavy atom. The Bertz CT molecular complexity index is 931. The molecule has 0 radical (unpaired) electrons. The van der Waals surface area contributed by atoms with Gasteiger partial charge < -0.3 is 24.4 Å². The number of esters is 1. The van der Waals surface area contributed by atoms with E-state index in [2.05, 4.69) is 20.4 Å². The zero-order valence-corrected chi connectivity index (χ0v) is 17.9. The van der Waals surface area contributed by atoms with Crippen molar-refractivity contribution in [2.75, 3.05) is 37.8 Å². The molecule has 2 aliphatic rings. The van der Waals surface area contributed by atoms with E-state index in [1.807, 2.05) is 12.1 Å². The second kappa shape index (κ2) is 9.15. The highest BCUT2D eigenvalue weighted by Crippen LogP contribution is 2.32. The number of hydrogen-bond acceptors (Lipinski definition) is 9. The lowest BCUT2D eigenvalue weighted by atomic mass is 10.0. The molecule has 0 unspecified atom stereocenters. The largest absolute Gasteiger partial charge is 0.464 e. The van der Waals surface area contributed by atoms with Crippen molar-refractivity contribution in [3.05, 3.63) is 18.0 Å². The van der Waals surface area contributed by atoms with Gasteiger partial charge in [-0.1, -0.05) is 0 Å². The summed E-state index contributed by atoms with van der Waals surface area (Å²) in [5.74, 6) is 0.266. The molecule has 31 heavy (non-hydrogen) atoms. The number of ether oxygens (including phenoxy) is 3. The van der Waals surface area contributed by atoms with Gasteiger partial charge in [-0.05, 0) is 26.0 Å². The van der Waals surface area contributed by atoms with Gasteiger partial charge >= 0.3 is 5.97 Å². The number of nitrogens with zero attached hydrogens (tertiary/aromatic N) is 5. The molecule has 0 saturated carbocycles. The monoisotopic (exact) mass is 432 g/mol. The Morgan fingerprint density at radius 3 is 2.68 bits per heavy atom. The third-order valence-electron chi connectivity index (χ3n) is 5.57. The van der Waals surface area contributed by atoms with E-state index in [1.165, 1.54) is 0 Å². The summed E-state index contributed by atoms with van der Waals surface area (Å²) < 4.78 is 18.2. The normalized spacial score (nSPS) is 19.0. The molecule has 0 aliphatic carbocycles. The number of anilines is 1. The SMILES string of the molecule is CCOC(=O)[C@H](C)NC(=O)CCc1nnc2ccc(N3CCC4(CC3)OCCO4)nn12. The number of carbonyl (C=O) groups excluding carboxylic acids is 2. The number of fused-ring (bicyclic) bond motifs is 1. The van der Waals surface area contributed by atoms with Crippen molar-refractivity contribution in [2.24, 2.45) is 0 Å². The van der Waals surface area contributed by atoms with Crippen LogP contribution < -0.4 is 10.2 Å². The molecule has 1 spiro atoms. The average Bonchev–Trinajstić information content (AvgIpc) is 3.39. The summed E-state index contributed by atoms with van der Waals surface area (Å²) in [5, 5.41) is 15.6. The molecule has 2 aromatic heterocycles. The fourth-order valence-corrected chi connectivity index (χ4v) is 3.88. The molecule has 4 rings (SSSR count). The van der Waals surface area contributed by atoms with Crippen LogP contribution in [0.3, 0.4) is 0 Å². The van der Waals surface area contributed by atoms with Crippen molar-refractivity contribution >= 4 is 23.3 Å². The Labute approximate surface area is 180 Å². The van der Waals surface area contributed by atoms with E-state index in [0.29, 0.717) is 31.1 Å². The van der Waals surface area contributed by atoms with E-state index < -0.39 is 17.8 Å². The number of aromatic nitrogens is 4. The van der Waals surface area contributed by atoms with Gasteiger partial charge in [0.1, 0.15) is 11.9 Å². The van der Waals surface area contributed by atoms with Crippen LogP contribution in [0.4, 0.5) is 5.82 Å². The van der Waals surface area contributed by atoms with Crippen molar-refractivity contribution in [2.45, 2.75) is 51.4 Å². The first-order chi connectivity index (χ1) is 15.0.